The van der Waals surface area contributed by atoms with E-state index >= 15 is 0 Å². The predicted octanol–water partition coefficient (Wildman–Crippen LogP) is 1.66. The molecule has 6 heteroatoms. The molecule has 1 heterocycles. The second-order valence-corrected chi connectivity index (χ2v) is 5.21. The molecular weight excluding hydrogens is 278 g/mol. The second-order valence-electron chi connectivity index (χ2n) is 4.83. The van der Waals surface area contributed by atoms with Crippen molar-refractivity contribution in [1.82, 2.24) is 10.2 Å². The third kappa shape index (κ3) is 2.72. The lowest BCUT2D eigenvalue weighted by Gasteiger charge is -2.34. The first kappa shape index (κ1) is 14.7. The summed E-state index contributed by atoms with van der Waals surface area (Å²) in [5.74, 6) is -0.381. The van der Waals surface area contributed by atoms with Crippen LogP contribution in [-0.2, 0) is 4.79 Å². The largest absolute Gasteiger partial charge is 0.398 e. The fourth-order valence-electron chi connectivity index (χ4n) is 2.48. The lowest BCUT2D eigenvalue weighted by atomic mass is 10.00. The molecule has 1 aromatic rings. The van der Waals surface area contributed by atoms with Gasteiger partial charge < -0.3 is 16.0 Å². The molecule has 1 aliphatic rings. The first-order chi connectivity index (χ1) is 9.56. The molecule has 0 saturated carbocycles. The molecule has 0 aliphatic carbocycles. The zero-order chi connectivity index (χ0) is 14.7. The van der Waals surface area contributed by atoms with Crippen molar-refractivity contribution in [3.8, 4) is 0 Å². The Balaban J connectivity index is 2.30. The maximum atomic E-state index is 12.6. The van der Waals surface area contributed by atoms with Crippen LogP contribution in [0.3, 0.4) is 0 Å². The van der Waals surface area contributed by atoms with E-state index in [-0.39, 0.29) is 16.8 Å². The number of nitrogen functional groups attached to an aromatic ring is 1. The zero-order valence-corrected chi connectivity index (χ0v) is 12.1. The standard InChI is InChI=1S/C14H18ClN3O2/c1-17-13(19)11-7-2-3-8-18(11)14(20)9-5-4-6-10(16)12(9)15/h4-6,11H,2-3,7-8,16H2,1H3,(H,17,19). The highest BCUT2D eigenvalue weighted by molar-refractivity contribution is 6.36. The summed E-state index contributed by atoms with van der Waals surface area (Å²) < 4.78 is 0. The Morgan fingerprint density at radius 2 is 2.15 bits per heavy atom. The topological polar surface area (TPSA) is 75.4 Å². The summed E-state index contributed by atoms with van der Waals surface area (Å²) in [5, 5.41) is 2.86. The molecule has 0 bridgehead atoms. The van der Waals surface area contributed by atoms with Gasteiger partial charge in [0, 0.05) is 13.6 Å². The van der Waals surface area contributed by atoms with Crippen molar-refractivity contribution in [2.24, 2.45) is 0 Å². The summed E-state index contributed by atoms with van der Waals surface area (Å²) in [5.41, 5.74) is 6.44. The van der Waals surface area contributed by atoms with Crippen LogP contribution in [0.15, 0.2) is 18.2 Å². The van der Waals surface area contributed by atoms with Crippen LogP contribution in [0.5, 0.6) is 0 Å². The molecule has 1 aromatic carbocycles. The van der Waals surface area contributed by atoms with Crippen LogP contribution < -0.4 is 11.1 Å². The highest BCUT2D eigenvalue weighted by atomic mass is 35.5. The van der Waals surface area contributed by atoms with E-state index < -0.39 is 6.04 Å². The molecule has 1 saturated heterocycles. The number of nitrogens with one attached hydrogen (secondary N) is 1. The average Bonchev–Trinajstić information content (AvgIpc) is 2.48. The fraction of sp³-hybridized carbons (Fsp3) is 0.429. The van der Waals surface area contributed by atoms with Crippen LogP contribution in [-0.4, -0.2) is 36.3 Å². The van der Waals surface area contributed by atoms with E-state index in [1.54, 1.807) is 30.1 Å². The number of likely N-dealkylation sites (N-methyl/N-ethyl adjacent to an activating group) is 1. The number of amides is 2. The lowest BCUT2D eigenvalue weighted by molar-refractivity contribution is -0.126. The molecule has 0 radical (unpaired) electrons. The van der Waals surface area contributed by atoms with Crippen LogP contribution in [0.2, 0.25) is 5.02 Å². The number of rotatable bonds is 2. The third-order valence-electron chi connectivity index (χ3n) is 3.57. The summed E-state index contributed by atoms with van der Waals surface area (Å²) in [6.07, 6.45) is 2.50. The van der Waals surface area contributed by atoms with E-state index in [2.05, 4.69) is 5.32 Å². The van der Waals surface area contributed by atoms with E-state index in [1.165, 1.54) is 0 Å². The first-order valence-electron chi connectivity index (χ1n) is 6.62. The number of benzene rings is 1. The summed E-state index contributed by atoms with van der Waals surface area (Å²) in [6, 6.07) is 4.54. The number of likely N-dealkylation sites (tertiary alicyclic amines) is 1. The number of halogens is 1. The van der Waals surface area contributed by atoms with Crippen molar-refractivity contribution in [2.45, 2.75) is 25.3 Å². The highest BCUT2D eigenvalue weighted by Gasteiger charge is 2.32. The number of nitrogens with two attached hydrogens (primary N) is 1. The smallest absolute Gasteiger partial charge is 0.256 e. The Bertz CT molecular complexity index is 533. The summed E-state index contributed by atoms with van der Waals surface area (Å²) in [4.78, 5) is 26.1. The Hall–Kier alpha value is -1.75. The lowest BCUT2D eigenvalue weighted by Crippen LogP contribution is -2.51. The molecular formula is C14H18ClN3O2. The van der Waals surface area contributed by atoms with Gasteiger partial charge >= 0.3 is 0 Å². The number of anilines is 1. The molecule has 2 rings (SSSR count). The van der Waals surface area contributed by atoms with E-state index in [1.807, 2.05) is 0 Å². The molecule has 20 heavy (non-hydrogen) atoms. The van der Waals surface area contributed by atoms with Crippen molar-refractivity contribution in [3.63, 3.8) is 0 Å². The Morgan fingerprint density at radius 1 is 1.40 bits per heavy atom. The molecule has 5 nitrogen and oxygen atoms in total. The van der Waals surface area contributed by atoms with Gasteiger partial charge in [0.2, 0.25) is 5.91 Å². The van der Waals surface area contributed by atoms with Gasteiger partial charge in [-0.05, 0) is 31.4 Å². The Kier molecular flexibility index (Phi) is 4.49. The maximum absolute atomic E-state index is 12.6. The minimum absolute atomic E-state index is 0.141. The molecule has 1 aliphatic heterocycles. The van der Waals surface area contributed by atoms with Crippen molar-refractivity contribution in [3.05, 3.63) is 28.8 Å². The monoisotopic (exact) mass is 295 g/mol. The van der Waals surface area contributed by atoms with Crippen LogP contribution in [0, 0.1) is 0 Å². The number of piperidine rings is 1. The normalized spacial score (nSPS) is 18.7. The van der Waals surface area contributed by atoms with Crippen molar-refractivity contribution < 1.29 is 9.59 Å². The van der Waals surface area contributed by atoms with Gasteiger partial charge in [-0.15, -0.1) is 0 Å². The second kappa shape index (κ2) is 6.13. The molecule has 1 unspecified atom stereocenters. The zero-order valence-electron chi connectivity index (χ0n) is 11.4. The number of carbonyl (C=O) groups excluding carboxylic acids is 2. The van der Waals surface area contributed by atoms with Gasteiger partial charge in [0.1, 0.15) is 6.04 Å². The van der Waals surface area contributed by atoms with Crippen molar-refractivity contribution in [2.75, 3.05) is 19.3 Å². The minimum Gasteiger partial charge on any atom is -0.398 e. The van der Waals surface area contributed by atoms with Gasteiger partial charge in [-0.1, -0.05) is 17.7 Å². The molecule has 2 amide bonds. The molecule has 0 spiro atoms. The van der Waals surface area contributed by atoms with Crippen LogP contribution >= 0.6 is 11.6 Å². The molecule has 108 valence electrons. The Labute approximate surface area is 123 Å². The summed E-state index contributed by atoms with van der Waals surface area (Å²) >= 11 is 6.10. The van der Waals surface area contributed by atoms with Gasteiger partial charge in [0.05, 0.1) is 16.3 Å². The van der Waals surface area contributed by atoms with E-state index in [9.17, 15) is 9.59 Å². The van der Waals surface area contributed by atoms with E-state index in [4.69, 9.17) is 17.3 Å². The predicted molar refractivity (Wildman–Crippen MR) is 78.6 cm³/mol. The third-order valence-corrected chi connectivity index (χ3v) is 3.99. The van der Waals surface area contributed by atoms with Gasteiger partial charge in [0.25, 0.3) is 5.91 Å². The van der Waals surface area contributed by atoms with Gasteiger partial charge in [-0.25, -0.2) is 0 Å². The Morgan fingerprint density at radius 3 is 2.85 bits per heavy atom. The maximum Gasteiger partial charge on any atom is 0.256 e. The van der Waals surface area contributed by atoms with Gasteiger partial charge in [0.15, 0.2) is 0 Å². The van der Waals surface area contributed by atoms with Crippen LogP contribution in [0.1, 0.15) is 29.6 Å². The number of carbonyl (C=O) groups is 2. The van der Waals surface area contributed by atoms with E-state index in [0.29, 0.717) is 24.2 Å². The molecule has 1 atom stereocenters. The highest BCUT2D eigenvalue weighted by Crippen LogP contribution is 2.27. The minimum atomic E-state index is -0.432. The molecule has 0 aromatic heterocycles. The number of nitrogens with zero attached hydrogens (tertiary/aromatic N) is 1. The molecule has 3 N–H and O–H groups in total. The number of hydrogen-bond acceptors (Lipinski definition) is 3. The van der Waals surface area contributed by atoms with E-state index in [0.717, 1.165) is 12.8 Å². The molecule has 1 fully saturated rings. The van der Waals surface area contributed by atoms with Crippen LogP contribution in [0.25, 0.3) is 0 Å². The average molecular weight is 296 g/mol. The number of hydrogen-bond donors (Lipinski definition) is 2. The van der Waals surface area contributed by atoms with Crippen molar-refractivity contribution >= 4 is 29.1 Å². The van der Waals surface area contributed by atoms with Gasteiger partial charge in [-0.2, -0.15) is 0 Å². The first-order valence-corrected chi connectivity index (χ1v) is 7.00. The van der Waals surface area contributed by atoms with Crippen molar-refractivity contribution in [1.29, 1.82) is 0 Å². The quantitative estimate of drug-likeness (QED) is 0.815. The SMILES string of the molecule is CNC(=O)C1CCCCN1C(=O)c1cccc(N)c1Cl. The fourth-order valence-corrected chi connectivity index (χ4v) is 2.69. The summed E-state index contributed by atoms with van der Waals surface area (Å²) in [7, 11) is 1.58. The van der Waals surface area contributed by atoms with Gasteiger partial charge in [-0.3, -0.25) is 9.59 Å². The van der Waals surface area contributed by atoms with Crippen LogP contribution in [0.4, 0.5) is 5.69 Å². The summed E-state index contributed by atoms with van der Waals surface area (Å²) in [6.45, 7) is 0.558.